The second-order valence-corrected chi connectivity index (χ2v) is 5.90. The van der Waals surface area contributed by atoms with Crippen LogP contribution >= 0.6 is 15.9 Å². The second kappa shape index (κ2) is 6.11. The van der Waals surface area contributed by atoms with Crippen LogP contribution in [0.1, 0.15) is 31.2 Å². The van der Waals surface area contributed by atoms with Crippen molar-refractivity contribution >= 4 is 15.9 Å². The van der Waals surface area contributed by atoms with Gasteiger partial charge in [-0.1, -0.05) is 12.8 Å². The Labute approximate surface area is 115 Å². The Morgan fingerprint density at radius 1 is 1.33 bits per heavy atom. The molecule has 2 unspecified atom stereocenters. The van der Waals surface area contributed by atoms with E-state index in [4.69, 9.17) is 0 Å². The highest BCUT2D eigenvalue weighted by atomic mass is 79.9. The smallest absolute Gasteiger partial charge is 0.143 e. The van der Waals surface area contributed by atoms with E-state index in [1.165, 1.54) is 12.1 Å². The third-order valence-electron chi connectivity index (χ3n) is 3.82. The zero-order valence-electron chi connectivity index (χ0n) is 10.5. The standard InChI is InChI=1S/C14H18BrF2N/c1-18-10-4-2-3-9(7-10)8-11-13(16)6-5-12(15)14(11)17/h5-6,9-10,18H,2-4,7-8H2,1H3. The summed E-state index contributed by atoms with van der Waals surface area (Å²) in [7, 11) is 1.95. The Bertz CT molecular complexity index is 423. The average molecular weight is 318 g/mol. The number of hydrogen-bond acceptors (Lipinski definition) is 1. The molecule has 1 aromatic carbocycles. The molecule has 2 rings (SSSR count). The molecule has 0 aliphatic heterocycles. The van der Waals surface area contributed by atoms with Crippen molar-refractivity contribution in [2.45, 2.75) is 38.1 Å². The van der Waals surface area contributed by atoms with Crippen LogP contribution in [0.15, 0.2) is 16.6 Å². The third kappa shape index (κ3) is 3.09. The Hall–Kier alpha value is -0.480. The third-order valence-corrected chi connectivity index (χ3v) is 4.44. The van der Waals surface area contributed by atoms with Crippen molar-refractivity contribution in [2.75, 3.05) is 7.05 Å². The Kier molecular flexibility index (Phi) is 4.73. The lowest BCUT2D eigenvalue weighted by atomic mass is 9.82. The van der Waals surface area contributed by atoms with Crippen molar-refractivity contribution in [1.82, 2.24) is 5.32 Å². The SMILES string of the molecule is CNC1CCCC(Cc2c(F)ccc(Br)c2F)C1. The first-order valence-corrected chi connectivity index (χ1v) is 7.20. The van der Waals surface area contributed by atoms with Gasteiger partial charge in [0.05, 0.1) is 4.47 Å². The van der Waals surface area contributed by atoms with Crippen LogP contribution in [0.2, 0.25) is 0 Å². The zero-order valence-corrected chi connectivity index (χ0v) is 12.1. The summed E-state index contributed by atoms with van der Waals surface area (Å²) in [5.41, 5.74) is 0.228. The minimum absolute atomic E-state index is 0.228. The van der Waals surface area contributed by atoms with Gasteiger partial charge in [-0.25, -0.2) is 8.78 Å². The van der Waals surface area contributed by atoms with E-state index in [9.17, 15) is 8.78 Å². The molecule has 4 heteroatoms. The first-order chi connectivity index (χ1) is 8.61. The molecule has 1 aliphatic rings. The van der Waals surface area contributed by atoms with Gasteiger partial charge in [0.25, 0.3) is 0 Å². The van der Waals surface area contributed by atoms with Gasteiger partial charge in [-0.05, 0) is 60.3 Å². The van der Waals surface area contributed by atoms with E-state index >= 15 is 0 Å². The zero-order chi connectivity index (χ0) is 13.1. The molecule has 0 radical (unpaired) electrons. The van der Waals surface area contributed by atoms with Gasteiger partial charge in [0.1, 0.15) is 11.6 Å². The fourth-order valence-corrected chi connectivity index (χ4v) is 3.15. The minimum Gasteiger partial charge on any atom is -0.317 e. The van der Waals surface area contributed by atoms with Crippen molar-refractivity contribution in [3.8, 4) is 0 Å². The van der Waals surface area contributed by atoms with Gasteiger partial charge in [-0.3, -0.25) is 0 Å². The van der Waals surface area contributed by atoms with Crippen LogP contribution in [0.5, 0.6) is 0 Å². The van der Waals surface area contributed by atoms with Gasteiger partial charge in [0, 0.05) is 11.6 Å². The molecule has 0 amide bonds. The Balaban J connectivity index is 2.11. The summed E-state index contributed by atoms with van der Waals surface area (Å²) < 4.78 is 27.9. The summed E-state index contributed by atoms with van der Waals surface area (Å²) in [5.74, 6) is -0.502. The maximum atomic E-state index is 13.9. The van der Waals surface area contributed by atoms with E-state index in [0.717, 1.165) is 25.7 Å². The summed E-state index contributed by atoms with van der Waals surface area (Å²) in [6, 6.07) is 3.24. The van der Waals surface area contributed by atoms with Crippen molar-refractivity contribution in [1.29, 1.82) is 0 Å². The van der Waals surface area contributed by atoms with Crippen LogP contribution in [0.4, 0.5) is 8.78 Å². The maximum absolute atomic E-state index is 13.9. The van der Waals surface area contributed by atoms with Gasteiger partial charge in [0.15, 0.2) is 0 Å². The fraction of sp³-hybridized carbons (Fsp3) is 0.571. The average Bonchev–Trinajstić information content (AvgIpc) is 2.39. The molecular formula is C14H18BrF2N. The lowest BCUT2D eigenvalue weighted by molar-refractivity contribution is 0.290. The lowest BCUT2D eigenvalue weighted by Crippen LogP contribution is -2.32. The molecule has 0 aromatic heterocycles. The number of rotatable bonds is 3. The summed E-state index contributed by atoms with van der Waals surface area (Å²) in [4.78, 5) is 0. The first-order valence-electron chi connectivity index (χ1n) is 6.41. The molecule has 1 nitrogen and oxygen atoms in total. The minimum atomic E-state index is -0.443. The van der Waals surface area contributed by atoms with Gasteiger partial charge in [-0.15, -0.1) is 0 Å². The normalized spacial score (nSPS) is 24.2. The van der Waals surface area contributed by atoms with Gasteiger partial charge < -0.3 is 5.32 Å². The second-order valence-electron chi connectivity index (χ2n) is 5.04. The highest BCUT2D eigenvalue weighted by Crippen LogP contribution is 2.30. The molecule has 1 N–H and O–H groups in total. The largest absolute Gasteiger partial charge is 0.317 e. The molecule has 0 saturated heterocycles. The number of hydrogen-bond donors (Lipinski definition) is 1. The summed E-state index contributed by atoms with van der Waals surface area (Å²) in [6.07, 6.45) is 4.85. The fourth-order valence-electron chi connectivity index (χ4n) is 2.78. The van der Waals surface area contributed by atoms with Crippen LogP contribution < -0.4 is 5.32 Å². The van der Waals surface area contributed by atoms with E-state index in [1.807, 2.05) is 7.05 Å². The summed E-state index contributed by atoms with van der Waals surface area (Å²) >= 11 is 3.12. The number of nitrogens with one attached hydrogen (secondary N) is 1. The maximum Gasteiger partial charge on any atom is 0.143 e. The van der Waals surface area contributed by atoms with E-state index in [1.54, 1.807) is 0 Å². The molecule has 1 aliphatic carbocycles. The summed E-state index contributed by atoms with van der Waals surface area (Å²) in [5, 5.41) is 3.26. The lowest BCUT2D eigenvalue weighted by Gasteiger charge is -2.29. The van der Waals surface area contributed by atoms with Crippen molar-refractivity contribution < 1.29 is 8.78 Å². The number of benzene rings is 1. The molecule has 1 aromatic rings. The monoisotopic (exact) mass is 317 g/mol. The molecule has 1 fully saturated rings. The highest BCUT2D eigenvalue weighted by molar-refractivity contribution is 9.10. The van der Waals surface area contributed by atoms with Crippen LogP contribution in [0.25, 0.3) is 0 Å². The Morgan fingerprint density at radius 2 is 2.11 bits per heavy atom. The van der Waals surface area contributed by atoms with E-state index < -0.39 is 11.6 Å². The molecule has 0 spiro atoms. The van der Waals surface area contributed by atoms with Crippen LogP contribution in [0, 0.1) is 17.6 Å². The van der Waals surface area contributed by atoms with E-state index in [2.05, 4.69) is 21.2 Å². The van der Waals surface area contributed by atoms with Crippen LogP contribution in [0.3, 0.4) is 0 Å². The van der Waals surface area contributed by atoms with E-state index in [0.29, 0.717) is 22.9 Å². The van der Waals surface area contributed by atoms with Gasteiger partial charge >= 0.3 is 0 Å². The molecule has 0 heterocycles. The molecule has 2 atom stereocenters. The molecular weight excluding hydrogens is 300 g/mol. The summed E-state index contributed by atoms with van der Waals surface area (Å²) in [6.45, 7) is 0. The molecule has 18 heavy (non-hydrogen) atoms. The van der Waals surface area contributed by atoms with Gasteiger partial charge in [-0.2, -0.15) is 0 Å². The van der Waals surface area contributed by atoms with Crippen molar-refractivity contribution in [3.63, 3.8) is 0 Å². The number of halogens is 3. The molecule has 1 saturated carbocycles. The van der Waals surface area contributed by atoms with Crippen molar-refractivity contribution in [2.24, 2.45) is 5.92 Å². The topological polar surface area (TPSA) is 12.0 Å². The van der Waals surface area contributed by atoms with E-state index in [-0.39, 0.29) is 5.56 Å². The quantitative estimate of drug-likeness (QED) is 0.829. The van der Waals surface area contributed by atoms with Crippen LogP contribution in [-0.4, -0.2) is 13.1 Å². The Morgan fingerprint density at radius 3 is 2.83 bits per heavy atom. The van der Waals surface area contributed by atoms with Gasteiger partial charge in [0.2, 0.25) is 0 Å². The predicted molar refractivity (Wildman–Crippen MR) is 72.6 cm³/mol. The highest BCUT2D eigenvalue weighted by Gasteiger charge is 2.23. The van der Waals surface area contributed by atoms with Crippen molar-refractivity contribution in [3.05, 3.63) is 33.8 Å². The molecule has 100 valence electrons. The van der Waals surface area contributed by atoms with Crippen LogP contribution in [-0.2, 0) is 6.42 Å². The predicted octanol–water partition coefficient (Wildman–Crippen LogP) is 4.05. The first kappa shape index (κ1) is 13.9. The molecule has 0 bridgehead atoms.